The fourth-order valence-corrected chi connectivity index (χ4v) is 3.61. The summed E-state index contributed by atoms with van der Waals surface area (Å²) in [4.78, 5) is 24.5. The zero-order chi connectivity index (χ0) is 20.1. The lowest BCUT2D eigenvalue weighted by molar-refractivity contribution is -0.143. The molecule has 0 aliphatic heterocycles. The number of benzene rings is 2. The van der Waals surface area contributed by atoms with Crippen molar-refractivity contribution in [2.75, 3.05) is 11.9 Å². The van der Waals surface area contributed by atoms with Gasteiger partial charge in [-0.25, -0.2) is 0 Å². The van der Waals surface area contributed by atoms with Gasteiger partial charge >= 0.3 is 5.97 Å². The second kappa shape index (κ2) is 8.69. The van der Waals surface area contributed by atoms with Gasteiger partial charge in [-0.05, 0) is 67.5 Å². The molecule has 0 bridgehead atoms. The SMILES string of the molecule is CCOC(=O)CC1CCCc2ccc(NC(=O)c3ccc(C(=N)N)cc3)cc21. The van der Waals surface area contributed by atoms with Crippen LogP contribution in [0, 0.1) is 5.41 Å². The Kier molecular flexibility index (Phi) is 6.09. The van der Waals surface area contributed by atoms with Gasteiger partial charge in [0.05, 0.1) is 13.0 Å². The number of nitrogens with two attached hydrogens (primary N) is 1. The molecule has 0 aromatic heterocycles. The summed E-state index contributed by atoms with van der Waals surface area (Å²) in [5.41, 5.74) is 9.56. The molecule has 6 nitrogen and oxygen atoms in total. The minimum Gasteiger partial charge on any atom is -0.466 e. The summed E-state index contributed by atoms with van der Waals surface area (Å²) in [5, 5.41) is 10.3. The van der Waals surface area contributed by atoms with Gasteiger partial charge in [-0.1, -0.05) is 18.2 Å². The van der Waals surface area contributed by atoms with Crippen LogP contribution in [0.4, 0.5) is 5.69 Å². The lowest BCUT2D eigenvalue weighted by atomic mass is 9.81. The van der Waals surface area contributed by atoms with E-state index in [1.807, 2.05) is 25.1 Å². The first-order valence-electron chi connectivity index (χ1n) is 9.52. The topological polar surface area (TPSA) is 105 Å². The summed E-state index contributed by atoms with van der Waals surface area (Å²) in [5.74, 6) is -0.322. The highest BCUT2D eigenvalue weighted by atomic mass is 16.5. The van der Waals surface area contributed by atoms with Gasteiger partial charge in [0.1, 0.15) is 5.84 Å². The second-order valence-corrected chi connectivity index (χ2v) is 6.96. The highest BCUT2D eigenvalue weighted by Gasteiger charge is 2.24. The Bertz CT molecular complexity index is 890. The molecule has 4 N–H and O–H groups in total. The number of amides is 1. The Morgan fingerprint density at radius 1 is 1.18 bits per heavy atom. The predicted molar refractivity (Wildman–Crippen MR) is 109 cm³/mol. The fourth-order valence-electron chi connectivity index (χ4n) is 3.61. The minimum absolute atomic E-state index is 0.0331. The van der Waals surface area contributed by atoms with Crippen LogP contribution in [0.25, 0.3) is 0 Å². The molecule has 1 atom stereocenters. The summed E-state index contributed by atoms with van der Waals surface area (Å²) in [6.45, 7) is 2.19. The lowest BCUT2D eigenvalue weighted by Gasteiger charge is -2.25. The van der Waals surface area contributed by atoms with Crippen LogP contribution in [0.2, 0.25) is 0 Å². The van der Waals surface area contributed by atoms with Crippen molar-refractivity contribution in [2.45, 2.75) is 38.5 Å². The molecule has 0 saturated carbocycles. The number of rotatable bonds is 6. The molecule has 1 unspecified atom stereocenters. The first kappa shape index (κ1) is 19.6. The van der Waals surface area contributed by atoms with E-state index in [9.17, 15) is 9.59 Å². The van der Waals surface area contributed by atoms with Gasteiger partial charge in [0.25, 0.3) is 5.91 Å². The molecule has 2 aromatic carbocycles. The third-order valence-electron chi connectivity index (χ3n) is 5.02. The maximum absolute atomic E-state index is 12.5. The standard InChI is InChI=1S/C22H25N3O3/c1-2-28-20(26)12-17-5-3-4-14-10-11-18(13-19(14)17)25-22(27)16-8-6-15(7-9-16)21(23)24/h6-11,13,17H,2-5,12H2,1H3,(H3,23,24)(H,25,27). The van der Waals surface area contributed by atoms with Crippen LogP contribution in [0.3, 0.4) is 0 Å². The molecule has 0 fully saturated rings. The maximum atomic E-state index is 12.5. The summed E-state index contributed by atoms with van der Waals surface area (Å²) < 4.78 is 5.11. The van der Waals surface area contributed by atoms with Gasteiger partial charge in [-0.2, -0.15) is 0 Å². The van der Waals surface area contributed by atoms with Crippen LogP contribution in [-0.4, -0.2) is 24.3 Å². The Balaban J connectivity index is 1.75. The quantitative estimate of drug-likeness (QED) is 0.405. The van der Waals surface area contributed by atoms with Crippen molar-refractivity contribution in [3.05, 3.63) is 64.7 Å². The molecule has 0 radical (unpaired) electrons. The average molecular weight is 379 g/mol. The number of hydrogen-bond acceptors (Lipinski definition) is 4. The van der Waals surface area contributed by atoms with Crippen molar-refractivity contribution in [1.29, 1.82) is 5.41 Å². The molecular weight excluding hydrogens is 354 g/mol. The van der Waals surface area contributed by atoms with E-state index >= 15 is 0 Å². The summed E-state index contributed by atoms with van der Waals surface area (Å²) >= 11 is 0. The Morgan fingerprint density at radius 2 is 1.89 bits per heavy atom. The van der Waals surface area contributed by atoms with Gasteiger partial charge < -0.3 is 15.8 Å². The van der Waals surface area contributed by atoms with Crippen molar-refractivity contribution in [2.24, 2.45) is 5.73 Å². The molecule has 1 aliphatic carbocycles. The number of aryl methyl sites for hydroxylation is 1. The third kappa shape index (κ3) is 4.57. The van der Waals surface area contributed by atoms with Gasteiger partial charge in [0.2, 0.25) is 0 Å². The minimum atomic E-state index is -0.229. The van der Waals surface area contributed by atoms with E-state index in [1.54, 1.807) is 24.3 Å². The van der Waals surface area contributed by atoms with E-state index in [2.05, 4.69) is 5.32 Å². The first-order chi connectivity index (χ1) is 13.5. The van der Waals surface area contributed by atoms with Crippen molar-refractivity contribution < 1.29 is 14.3 Å². The molecule has 3 rings (SSSR count). The smallest absolute Gasteiger partial charge is 0.306 e. The van der Waals surface area contributed by atoms with Crippen molar-refractivity contribution in [1.82, 2.24) is 0 Å². The van der Waals surface area contributed by atoms with Crippen LogP contribution in [-0.2, 0) is 16.0 Å². The molecule has 6 heteroatoms. The number of esters is 1. The lowest BCUT2D eigenvalue weighted by Crippen LogP contribution is -2.17. The monoisotopic (exact) mass is 379 g/mol. The number of carbonyl (C=O) groups is 2. The van der Waals surface area contributed by atoms with E-state index in [0.717, 1.165) is 24.8 Å². The zero-order valence-corrected chi connectivity index (χ0v) is 16.0. The van der Waals surface area contributed by atoms with Crippen LogP contribution in [0.5, 0.6) is 0 Å². The normalized spacial score (nSPS) is 15.4. The first-order valence-corrected chi connectivity index (χ1v) is 9.52. The molecule has 2 aromatic rings. The fraction of sp³-hybridized carbons (Fsp3) is 0.318. The zero-order valence-electron chi connectivity index (χ0n) is 16.0. The third-order valence-corrected chi connectivity index (χ3v) is 5.02. The molecule has 0 saturated heterocycles. The number of nitrogens with one attached hydrogen (secondary N) is 2. The Morgan fingerprint density at radius 3 is 2.57 bits per heavy atom. The summed E-state index contributed by atoms with van der Waals surface area (Å²) in [6.07, 6.45) is 3.33. The van der Waals surface area contributed by atoms with Crippen molar-refractivity contribution in [3.8, 4) is 0 Å². The van der Waals surface area contributed by atoms with Crippen LogP contribution >= 0.6 is 0 Å². The van der Waals surface area contributed by atoms with E-state index < -0.39 is 0 Å². The number of anilines is 1. The highest BCUT2D eigenvalue weighted by Crippen LogP contribution is 2.36. The molecule has 146 valence electrons. The van der Waals surface area contributed by atoms with E-state index in [4.69, 9.17) is 15.9 Å². The average Bonchev–Trinajstić information content (AvgIpc) is 2.68. The molecule has 0 heterocycles. The van der Waals surface area contributed by atoms with E-state index in [0.29, 0.717) is 29.8 Å². The summed E-state index contributed by atoms with van der Waals surface area (Å²) in [7, 11) is 0. The summed E-state index contributed by atoms with van der Waals surface area (Å²) in [6, 6.07) is 12.5. The van der Waals surface area contributed by atoms with Crippen molar-refractivity contribution >= 4 is 23.4 Å². The number of ether oxygens (including phenoxy) is 1. The van der Waals surface area contributed by atoms with Crippen LogP contribution in [0.15, 0.2) is 42.5 Å². The predicted octanol–water partition coefficient (Wildman–Crippen LogP) is 3.60. The van der Waals surface area contributed by atoms with Gasteiger partial charge in [0, 0.05) is 16.8 Å². The van der Waals surface area contributed by atoms with Gasteiger partial charge in [-0.15, -0.1) is 0 Å². The Hall–Kier alpha value is -3.15. The van der Waals surface area contributed by atoms with E-state index in [1.165, 1.54) is 5.56 Å². The van der Waals surface area contributed by atoms with E-state index in [-0.39, 0.29) is 23.6 Å². The highest BCUT2D eigenvalue weighted by molar-refractivity contribution is 6.05. The largest absolute Gasteiger partial charge is 0.466 e. The Labute approximate surface area is 164 Å². The van der Waals surface area contributed by atoms with Crippen LogP contribution in [0.1, 0.15) is 59.2 Å². The molecule has 1 amide bonds. The van der Waals surface area contributed by atoms with Gasteiger partial charge in [0.15, 0.2) is 0 Å². The maximum Gasteiger partial charge on any atom is 0.306 e. The number of nitrogen functional groups attached to an aromatic ring is 1. The number of hydrogen-bond donors (Lipinski definition) is 3. The molecular formula is C22H25N3O3. The number of fused-ring (bicyclic) bond motifs is 1. The molecule has 0 spiro atoms. The molecule has 28 heavy (non-hydrogen) atoms. The molecule has 1 aliphatic rings. The van der Waals surface area contributed by atoms with Gasteiger partial charge in [-0.3, -0.25) is 15.0 Å². The second-order valence-electron chi connectivity index (χ2n) is 6.96. The van der Waals surface area contributed by atoms with Crippen LogP contribution < -0.4 is 11.1 Å². The van der Waals surface area contributed by atoms with Crippen molar-refractivity contribution in [3.63, 3.8) is 0 Å². The number of carbonyl (C=O) groups excluding carboxylic acids is 2. The number of amidine groups is 1.